The molecule has 0 radical (unpaired) electrons. The van der Waals surface area contributed by atoms with E-state index in [0.29, 0.717) is 18.2 Å². The summed E-state index contributed by atoms with van der Waals surface area (Å²) in [5.74, 6) is 0.615. The Balaban J connectivity index is 0.00000243. The molecule has 3 heterocycles. The third-order valence-electron chi connectivity index (χ3n) is 4.37. The van der Waals surface area contributed by atoms with E-state index in [4.69, 9.17) is 0 Å². The lowest BCUT2D eigenvalue weighted by molar-refractivity contribution is 0.447. The predicted octanol–water partition coefficient (Wildman–Crippen LogP) is 1.14. The number of aryl methyl sites for hydroxylation is 1. The Morgan fingerprint density at radius 3 is 2.73 bits per heavy atom. The van der Waals surface area contributed by atoms with Gasteiger partial charge in [-0.1, -0.05) is 0 Å². The number of nitrogens with one attached hydrogen (secondary N) is 1. The largest absolute Gasteiger partial charge is 0.339 e. The Kier molecular flexibility index (Phi) is 6.59. The van der Waals surface area contributed by atoms with Crippen LogP contribution in [0.4, 0.5) is 5.95 Å². The van der Waals surface area contributed by atoms with E-state index in [9.17, 15) is 8.42 Å². The van der Waals surface area contributed by atoms with Gasteiger partial charge in [-0.05, 0) is 19.4 Å². The van der Waals surface area contributed by atoms with Gasteiger partial charge in [0.15, 0.2) is 9.84 Å². The number of nitrogens with zero attached hydrogens (tertiary/aromatic N) is 5. The molecule has 1 unspecified atom stereocenters. The van der Waals surface area contributed by atoms with E-state index in [-0.39, 0.29) is 23.2 Å². The van der Waals surface area contributed by atoms with Crippen molar-refractivity contribution < 1.29 is 8.42 Å². The van der Waals surface area contributed by atoms with Crippen molar-refractivity contribution in [3.05, 3.63) is 29.8 Å². The normalized spacial score (nSPS) is 17.6. The van der Waals surface area contributed by atoms with Crippen molar-refractivity contribution in [1.29, 1.82) is 0 Å². The predicted molar refractivity (Wildman–Crippen MR) is 103 cm³/mol. The van der Waals surface area contributed by atoms with Gasteiger partial charge in [-0.3, -0.25) is 4.68 Å². The van der Waals surface area contributed by atoms with Crippen LogP contribution < -0.4 is 10.2 Å². The van der Waals surface area contributed by atoms with Gasteiger partial charge in [0.1, 0.15) is 4.90 Å². The lowest BCUT2D eigenvalue weighted by Crippen LogP contribution is -2.30. The first-order chi connectivity index (χ1) is 11.8. The van der Waals surface area contributed by atoms with E-state index in [1.165, 1.54) is 12.5 Å². The van der Waals surface area contributed by atoms with Crippen molar-refractivity contribution in [3.63, 3.8) is 0 Å². The lowest BCUT2D eigenvalue weighted by atomic mass is 9.96. The average molecular weight is 401 g/mol. The van der Waals surface area contributed by atoms with Crippen LogP contribution >= 0.6 is 12.4 Å². The van der Waals surface area contributed by atoms with E-state index in [2.05, 4.69) is 20.4 Å². The molecule has 0 saturated carbocycles. The fourth-order valence-electron chi connectivity index (χ4n) is 3.12. The lowest BCUT2D eigenvalue weighted by Gasteiger charge is -2.25. The molecule has 1 aliphatic heterocycles. The maximum Gasteiger partial charge on any atom is 0.225 e. The number of hydrogen-bond acceptors (Lipinski definition) is 7. The Bertz CT molecular complexity index is 848. The zero-order valence-electron chi connectivity index (χ0n) is 15.2. The number of halogens is 1. The summed E-state index contributed by atoms with van der Waals surface area (Å²) in [4.78, 5) is 11.1. The third-order valence-corrected chi connectivity index (χ3v) is 5.49. The first-order valence-corrected chi connectivity index (χ1v) is 10.2. The van der Waals surface area contributed by atoms with Gasteiger partial charge in [-0.25, -0.2) is 18.4 Å². The Hall–Kier alpha value is -1.71. The van der Waals surface area contributed by atoms with Crippen molar-refractivity contribution >= 4 is 28.2 Å². The smallest absolute Gasteiger partial charge is 0.225 e. The summed E-state index contributed by atoms with van der Waals surface area (Å²) in [5.41, 5.74) is 1.67. The van der Waals surface area contributed by atoms with Crippen LogP contribution in [0, 0.1) is 0 Å². The highest BCUT2D eigenvalue weighted by atomic mass is 35.5. The molecule has 0 aliphatic carbocycles. The van der Waals surface area contributed by atoms with Crippen LogP contribution in [-0.4, -0.2) is 54.6 Å². The Morgan fingerprint density at radius 1 is 1.38 bits per heavy atom. The molecule has 1 atom stereocenters. The van der Waals surface area contributed by atoms with Gasteiger partial charge in [0.25, 0.3) is 0 Å². The number of hydrogen-bond donors (Lipinski definition) is 1. The molecule has 0 bridgehead atoms. The highest BCUT2D eigenvalue weighted by molar-refractivity contribution is 7.90. The van der Waals surface area contributed by atoms with Gasteiger partial charge in [0.05, 0.1) is 18.1 Å². The van der Waals surface area contributed by atoms with Crippen LogP contribution in [0.25, 0.3) is 0 Å². The van der Waals surface area contributed by atoms with E-state index in [1.807, 2.05) is 25.2 Å². The topological polar surface area (TPSA) is 93.0 Å². The van der Waals surface area contributed by atoms with Crippen molar-refractivity contribution in [2.24, 2.45) is 7.05 Å². The summed E-state index contributed by atoms with van der Waals surface area (Å²) in [6, 6.07) is 0. The van der Waals surface area contributed by atoms with Gasteiger partial charge in [-0.15, -0.1) is 12.4 Å². The standard InChI is InChI=1S/C16H24N6O2S.ClH/c1-21(10-12-7-19-22(2)11-12)16-18-9-14(25(3,23)24)15(20-16)13-5-4-6-17-8-13;/h7,9,11,13,17H,4-6,8,10H2,1-3H3;1H. The van der Waals surface area contributed by atoms with Gasteiger partial charge in [0.2, 0.25) is 5.95 Å². The minimum atomic E-state index is -3.37. The molecule has 10 heteroatoms. The van der Waals surface area contributed by atoms with Crippen LogP contribution in [-0.2, 0) is 23.4 Å². The molecule has 8 nitrogen and oxygen atoms in total. The molecule has 1 fully saturated rings. The van der Waals surface area contributed by atoms with E-state index >= 15 is 0 Å². The molecule has 2 aromatic rings. The summed E-state index contributed by atoms with van der Waals surface area (Å²) in [5, 5.41) is 7.49. The number of rotatable bonds is 5. The molecular weight excluding hydrogens is 376 g/mol. The van der Waals surface area contributed by atoms with Gasteiger partial charge in [0, 0.05) is 51.1 Å². The monoisotopic (exact) mass is 400 g/mol. The van der Waals surface area contributed by atoms with Crippen LogP contribution in [0.2, 0.25) is 0 Å². The number of sulfone groups is 1. The molecule has 144 valence electrons. The summed E-state index contributed by atoms with van der Waals surface area (Å²) >= 11 is 0. The van der Waals surface area contributed by atoms with Crippen molar-refractivity contribution in [2.75, 3.05) is 31.3 Å². The molecule has 0 aromatic carbocycles. The summed E-state index contributed by atoms with van der Waals surface area (Å²) in [7, 11) is 0.399. The maximum atomic E-state index is 12.1. The first kappa shape index (κ1) is 20.6. The zero-order valence-corrected chi connectivity index (χ0v) is 16.8. The average Bonchev–Trinajstić information content (AvgIpc) is 2.99. The first-order valence-electron chi connectivity index (χ1n) is 8.31. The molecule has 0 spiro atoms. The third kappa shape index (κ3) is 4.72. The second-order valence-corrected chi connectivity index (χ2v) is 8.60. The van der Waals surface area contributed by atoms with Crippen LogP contribution in [0.1, 0.15) is 30.0 Å². The highest BCUT2D eigenvalue weighted by Gasteiger charge is 2.25. The summed E-state index contributed by atoms with van der Waals surface area (Å²) < 4.78 is 26.0. The second-order valence-electron chi connectivity index (χ2n) is 6.61. The number of anilines is 1. The molecule has 26 heavy (non-hydrogen) atoms. The van der Waals surface area contributed by atoms with Crippen molar-refractivity contribution in [1.82, 2.24) is 25.1 Å². The maximum absolute atomic E-state index is 12.1. The zero-order chi connectivity index (χ0) is 18.0. The van der Waals surface area contributed by atoms with E-state index in [0.717, 1.165) is 31.5 Å². The van der Waals surface area contributed by atoms with Crippen molar-refractivity contribution in [2.45, 2.75) is 30.2 Å². The minimum Gasteiger partial charge on any atom is -0.339 e. The second kappa shape index (κ2) is 8.32. The summed E-state index contributed by atoms with van der Waals surface area (Å²) in [6.07, 6.45) is 8.34. The number of piperidine rings is 1. The molecule has 1 N–H and O–H groups in total. The van der Waals surface area contributed by atoms with E-state index in [1.54, 1.807) is 10.9 Å². The van der Waals surface area contributed by atoms with E-state index < -0.39 is 9.84 Å². The Labute approximate surface area is 160 Å². The fraction of sp³-hybridized carbons (Fsp3) is 0.562. The van der Waals surface area contributed by atoms with Gasteiger partial charge >= 0.3 is 0 Å². The molecule has 3 rings (SSSR count). The minimum absolute atomic E-state index is 0. The van der Waals surface area contributed by atoms with Crippen LogP contribution in [0.3, 0.4) is 0 Å². The molecule has 1 saturated heterocycles. The molecular formula is C16H25ClN6O2S. The molecule has 2 aromatic heterocycles. The number of aromatic nitrogens is 4. The quantitative estimate of drug-likeness (QED) is 0.804. The molecule has 1 aliphatic rings. The van der Waals surface area contributed by atoms with Crippen LogP contribution in [0.15, 0.2) is 23.5 Å². The highest BCUT2D eigenvalue weighted by Crippen LogP contribution is 2.28. The fourth-order valence-corrected chi connectivity index (χ4v) is 3.96. The van der Waals surface area contributed by atoms with Gasteiger partial charge < -0.3 is 10.2 Å². The Morgan fingerprint density at radius 2 is 2.15 bits per heavy atom. The SMILES string of the molecule is CN(Cc1cnn(C)c1)c1ncc(S(C)(=O)=O)c(C2CCCNC2)n1.Cl. The van der Waals surface area contributed by atoms with Gasteiger partial charge in [-0.2, -0.15) is 5.10 Å². The van der Waals surface area contributed by atoms with Crippen LogP contribution in [0.5, 0.6) is 0 Å². The van der Waals surface area contributed by atoms with Crippen molar-refractivity contribution in [3.8, 4) is 0 Å². The summed E-state index contributed by atoms with van der Waals surface area (Å²) in [6.45, 7) is 2.31. The molecule has 0 amide bonds.